The third kappa shape index (κ3) is 3.26. The average molecular weight is 261 g/mol. The Labute approximate surface area is 99.1 Å². The molecule has 1 rings (SSSR count). The molecule has 1 aromatic rings. The Bertz CT molecular complexity index is 486. The van der Waals surface area contributed by atoms with E-state index in [2.05, 4.69) is 11.9 Å². The van der Waals surface area contributed by atoms with Crippen LogP contribution in [0.3, 0.4) is 0 Å². The number of hydrogen-bond acceptors (Lipinski definition) is 3. The van der Waals surface area contributed by atoms with E-state index < -0.39 is 15.6 Å². The number of halogens is 2. The van der Waals surface area contributed by atoms with Gasteiger partial charge in [-0.3, -0.25) is 0 Å². The molecule has 0 amide bonds. The fourth-order valence-electron chi connectivity index (χ4n) is 1.27. The van der Waals surface area contributed by atoms with Crippen molar-refractivity contribution in [2.45, 2.75) is 17.1 Å². The van der Waals surface area contributed by atoms with E-state index in [9.17, 15) is 17.2 Å². The van der Waals surface area contributed by atoms with Gasteiger partial charge in [0.2, 0.25) is 9.84 Å². The first-order valence-electron chi connectivity index (χ1n) is 4.96. The first-order valence-corrected chi connectivity index (χ1v) is 6.50. The van der Waals surface area contributed by atoms with Crippen LogP contribution in [0.5, 0.6) is 0 Å². The van der Waals surface area contributed by atoms with Gasteiger partial charge in [-0.1, -0.05) is 18.2 Å². The molecule has 0 radical (unpaired) electrons. The minimum Gasteiger partial charge on any atom is -0.384 e. The van der Waals surface area contributed by atoms with Crippen molar-refractivity contribution in [3.63, 3.8) is 0 Å². The number of benzene rings is 1. The zero-order valence-corrected chi connectivity index (χ0v) is 9.88. The van der Waals surface area contributed by atoms with E-state index in [0.717, 1.165) is 6.07 Å². The van der Waals surface area contributed by atoms with E-state index >= 15 is 0 Å². The monoisotopic (exact) mass is 261 g/mol. The number of alkyl halides is 2. The van der Waals surface area contributed by atoms with Gasteiger partial charge in [0.25, 0.3) is 0 Å². The van der Waals surface area contributed by atoms with E-state index in [-0.39, 0.29) is 10.6 Å². The molecule has 0 aliphatic carbocycles. The maximum Gasteiger partial charge on any atom is 0.341 e. The van der Waals surface area contributed by atoms with Gasteiger partial charge in [-0.25, -0.2) is 8.42 Å². The minimum absolute atomic E-state index is 0.189. The summed E-state index contributed by atoms with van der Waals surface area (Å²) in [7, 11) is -4.57. The third-order valence-electron chi connectivity index (χ3n) is 2.09. The lowest BCUT2D eigenvalue weighted by Gasteiger charge is -2.11. The summed E-state index contributed by atoms with van der Waals surface area (Å²) in [6, 6.07) is 5.62. The van der Waals surface area contributed by atoms with E-state index in [4.69, 9.17) is 0 Å². The molecule has 0 fully saturated rings. The summed E-state index contributed by atoms with van der Waals surface area (Å²) >= 11 is 0. The second-order valence-electron chi connectivity index (χ2n) is 3.31. The van der Waals surface area contributed by atoms with Gasteiger partial charge in [0.15, 0.2) is 0 Å². The molecule has 0 saturated heterocycles. The lowest BCUT2D eigenvalue weighted by Crippen LogP contribution is -2.14. The fourth-order valence-corrected chi connectivity index (χ4v) is 2.17. The SMILES string of the molecule is C=CCCNc1ccccc1S(=O)(=O)C(F)F. The van der Waals surface area contributed by atoms with Crippen LogP contribution in [-0.4, -0.2) is 20.7 Å². The van der Waals surface area contributed by atoms with Gasteiger partial charge >= 0.3 is 5.76 Å². The highest BCUT2D eigenvalue weighted by Gasteiger charge is 2.28. The van der Waals surface area contributed by atoms with Crippen LogP contribution in [0.4, 0.5) is 14.5 Å². The number of hydrogen-bond donors (Lipinski definition) is 1. The van der Waals surface area contributed by atoms with Gasteiger partial charge in [0, 0.05) is 6.54 Å². The Morgan fingerprint density at radius 2 is 2.00 bits per heavy atom. The molecule has 94 valence electrons. The first kappa shape index (κ1) is 13.6. The second kappa shape index (κ2) is 5.77. The third-order valence-corrected chi connectivity index (χ3v) is 3.53. The summed E-state index contributed by atoms with van der Waals surface area (Å²) in [4.78, 5) is -0.376. The van der Waals surface area contributed by atoms with E-state index in [1.807, 2.05) is 0 Å². The highest BCUT2D eigenvalue weighted by molar-refractivity contribution is 7.91. The number of anilines is 1. The number of sulfone groups is 1. The molecule has 0 spiro atoms. The summed E-state index contributed by atoms with van der Waals surface area (Å²) in [6.45, 7) is 3.96. The van der Waals surface area contributed by atoms with Crippen molar-refractivity contribution < 1.29 is 17.2 Å². The Balaban J connectivity index is 3.04. The zero-order chi connectivity index (χ0) is 12.9. The van der Waals surface area contributed by atoms with Crippen LogP contribution in [0.2, 0.25) is 0 Å². The molecule has 0 atom stereocenters. The van der Waals surface area contributed by atoms with Crippen molar-refractivity contribution in [3.8, 4) is 0 Å². The van der Waals surface area contributed by atoms with Crippen LogP contribution < -0.4 is 5.32 Å². The molecule has 0 heterocycles. The quantitative estimate of drug-likeness (QED) is 0.632. The van der Waals surface area contributed by atoms with Crippen LogP contribution in [0.15, 0.2) is 41.8 Å². The van der Waals surface area contributed by atoms with Gasteiger partial charge in [0.05, 0.1) is 10.6 Å². The minimum atomic E-state index is -4.57. The van der Waals surface area contributed by atoms with Crippen LogP contribution >= 0.6 is 0 Å². The Hall–Kier alpha value is -1.43. The van der Waals surface area contributed by atoms with Crippen LogP contribution in [0, 0.1) is 0 Å². The van der Waals surface area contributed by atoms with Crippen molar-refractivity contribution in [1.29, 1.82) is 0 Å². The average Bonchev–Trinajstić information content (AvgIpc) is 2.29. The molecule has 1 N–H and O–H groups in total. The molecule has 0 bridgehead atoms. The summed E-state index contributed by atoms with van der Waals surface area (Å²) < 4.78 is 47.6. The van der Waals surface area contributed by atoms with Crippen LogP contribution in [0.1, 0.15) is 6.42 Å². The predicted octanol–water partition coefficient (Wildman–Crippen LogP) is 2.67. The second-order valence-corrected chi connectivity index (χ2v) is 5.19. The zero-order valence-electron chi connectivity index (χ0n) is 9.07. The van der Waals surface area contributed by atoms with Gasteiger partial charge in [-0.05, 0) is 18.6 Å². The van der Waals surface area contributed by atoms with Gasteiger partial charge < -0.3 is 5.32 Å². The summed E-state index contributed by atoms with van der Waals surface area (Å²) in [6.07, 6.45) is 2.26. The highest BCUT2D eigenvalue weighted by Crippen LogP contribution is 2.25. The predicted molar refractivity (Wildman–Crippen MR) is 62.9 cm³/mol. The molecule has 6 heteroatoms. The van der Waals surface area contributed by atoms with E-state index in [0.29, 0.717) is 13.0 Å². The molecule has 0 saturated carbocycles. The van der Waals surface area contributed by atoms with Crippen molar-refractivity contribution in [2.75, 3.05) is 11.9 Å². The lowest BCUT2D eigenvalue weighted by molar-refractivity contribution is 0.235. The molecular formula is C11H13F2NO2S. The standard InChI is InChI=1S/C11H13F2NO2S/c1-2-3-8-14-9-6-4-5-7-10(9)17(15,16)11(12)13/h2,4-7,11,14H,1,3,8H2. The Morgan fingerprint density at radius 3 is 2.59 bits per heavy atom. The van der Waals surface area contributed by atoms with Crippen molar-refractivity contribution in [2.24, 2.45) is 0 Å². The van der Waals surface area contributed by atoms with Crippen LogP contribution in [-0.2, 0) is 9.84 Å². The van der Waals surface area contributed by atoms with E-state index in [1.54, 1.807) is 12.1 Å². The molecule has 1 aromatic carbocycles. The highest BCUT2D eigenvalue weighted by atomic mass is 32.2. The Morgan fingerprint density at radius 1 is 1.35 bits per heavy atom. The Kier molecular flexibility index (Phi) is 4.62. The van der Waals surface area contributed by atoms with E-state index in [1.165, 1.54) is 12.1 Å². The maximum atomic E-state index is 12.4. The van der Waals surface area contributed by atoms with Crippen molar-refractivity contribution >= 4 is 15.5 Å². The molecule has 0 unspecified atom stereocenters. The molecule has 0 aliphatic rings. The molecule has 17 heavy (non-hydrogen) atoms. The topological polar surface area (TPSA) is 46.2 Å². The molecular weight excluding hydrogens is 248 g/mol. The van der Waals surface area contributed by atoms with Crippen molar-refractivity contribution in [3.05, 3.63) is 36.9 Å². The smallest absolute Gasteiger partial charge is 0.341 e. The lowest BCUT2D eigenvalue weighted by atomic mass is 10.3. The summed E-state index contributed by atoms with van der Waals surface area (Å²) in [5.41, 5.74) is 0.189. The number of nitrogens with one attached hydrogen (secondary N) is 1. The fraction of sp³-hybridized carbons (Fsp3) is 0.273. The maximum absolute atomic E-state index is 12.4. The number of para-hydroxylation sites is 1. The summed E-state index contributed by atoms with van der Waals surface area (Å²) in [5.74, 6) is -3.41. The largest absolute Gasteiger partial charge is 0.384 e. The first-order chi connectivity index (χ1) is 8.00. The van der Waals surface area contributed by atoms with Crippen LogP contribution in [0.25, 0.3) is 0 Å². The molecule has 0 aromatic heterocycles. The van der Waals surface area contributed by atoms with Crippen molar-refractivity contribution in [1.82, 2.24) is 0 Å². The normalized spacial score (nSPS) is 11.5. The molecule has 3 nitrogen and oxygen atoms in total. The summed E-state index contributed by atoms with van der Waals surface area (Å²) in [5, 5.41) is 2.79. The molecule has 0 aliphatic heterocycles. The van der Waals surface area contributed by atoms with Gasteiger partial charge in [0.1, 0.15) is 0 Å². The van der Waals surface area contributed by atoms with Gasteiger partial charge in [-0.15, -0.1) is 6.58 Å². The number of rotatable bonds is 6. The van der Waals surface area contributed by atoms with Gasteiger partial charge in [-0.2, -0.15) is 8.78 Å².